The monoisotopic (exact) mass is 243 g/mol. The van der Waals surface area contributed by atoms with E-state index in [1.165, 1.54) is 0 Å². The molecule has 0 radical (unpaired) electrons. The van der Waals surface area contributed by atoms with Crippen LogP contribution in [0.1, 0.15) is 24.8 Å². The van der Waals surface area contributed by atoms with Gasteiger partial charge in [-0.25, -0.2) is 4.79 Å². The van der Waals surface area contributed by atoms with Gasteiger partial charge < -0.3 is 0 Å². The highest BCUT2D eigenvalue weighted by Crippen LogP contribution is 2.52. The van der Waals surface area contributed by atoms with Gasteiger partial charge in [-0.05, 0) is 18.9 Å². The number of rotatable bonds is 3. The molecule has 18 heavy (non-hydrogen) atoms. The van der Waals surface area contributed by atoms with Crippen molar-refractivity contribution in [3.05, 3.63) is 29.8 Å². The Balaban J connectivity index is 2.00. The lowest BCUT2D eigenvalue weighted by Gasteiger charge is -2.23. The molecule has 0 atom stereocenters. The molecule has 2 fully saturated rings. The third kappa shape index (κ3) is 1.69. The molecule has 1 aromatic rings. The van der Waals surface area contributed by atoms with Gasteiger partial charge in [0.2, 0.25) is 12.0 Å². The summed E-state index contributed by atoms with van der Waals surface area (Å²) in [5, 5.41) is 1.83. The molecule has 0 spiro atoms. The number of para-hydroxylation sites is 1. The molecule has 1 aliphatic carbocycles. The number of hydrogen-bond donors (Lipinski definition) is 1. The Hall–Kier alpha value is -2.13. The van der Waals surface area contributed by atoms with E-state index < -0.39 is 5.54 Å². The Morgan fingerprint density at radius 2 is 2.11 bits per heavy atom. The van der Waals surface area contributed by atoms with Crippen LogP contribution in [0.5, 0.6) is 0 Å². The molecule has 1 aliphatic heterocycles. The van der Waals surface area contributed by atoms with Crippen LogP contribution in [0, 0.1) is 0 Å². The molecule has 3 rings (SSSR count). The first-order valence-corrected chi connectivity index (χ1v) is 6.01. The molecule has 0 unspecified atom stereocenters. The topological polar surface area (TPSA) is 61.8 Å². The highest BCUT2D eigenvalue weighted by Gasteiger charge is 2.47. The van der Waals surface area contributed by atoms with E-state index in [0.29, 0.717) is 13.0 Å². The summed E-state index contributed by atoms with van der Waals surface area (Å²) in [6.07, 6.45) is 3.89. The number of nitrogens with one attached hydrogen (secondary N) is 1. The second kappa shape index (κ2) is 3.96. The summed E-state index contributed by atoms with van der Waals surface area (Å²) in [5.74, 6) is 0.0218. The van der Waals surface area contributed by atoms with Crippen LogP contribution < -0.4 is 10.4 Å². The molecule has 92 valence electrons. The third-order valence-electron chi connectivity index (χ3n) is 3.50. The fourth-order valence-corrected chi connectivity index (χ4v) is 2.41. The molecule has 2 aliphatic rings. The average molecular weight is 243 g/mol. The first-order chi connectivity index (χ1) is 8.75. The SMILES string of the molecule is O=C=NC1(c2ccccc2N2CCC(=O)N2)CC1. The van der Waals surface area contributed by atoms with Crippen molar-refractivity contribution in [1.82, 2.24) is 5.43 Å². The molecule has 0 bridgehead atoms. The van der Waals surface area contributed by atoms with E-state index in [9.17, 15) is 9.59 Å². The maximum atomic E-state index is 11.3. The predicted molar refractivity (Wildman–Crippen MR) is 65.6 cm³/mol. The Morgan fingerprint density at radius 3 is 2.72 bits per heavy atom. The van der Waals surface area contributed by atoms with E-state index in [2.05, 4.69) is 10.4 Å². The zero-order valence-corrected chi connectivity index (χ0v) is 9.85. The fraction of sp³-hybridized carbons (Fsp3) is 0.385. The lowest BCUT2D eigenvalue weighted by atomic mass is 10.0. The van der Waals surface area contributed by atoms with Crippen molar-refractivity contribution in [2.75, 3.05) is 11.6 Å². The normalized spacial score (nSPS) is 20.2. The predicted octanol–water partition coefficient (Wildman–Crippen LogP) is 1.25. The Bertz CT molecular complexity index is 545. The fourth-order valence-electron chi connectivity index (χ4n) is 2.41. The maximum Gasteiger partial charge on any atom is 0.240 e. The molecule has 1 aromatic carbocycles. The van der Waals surface area contributed by atoms with Gasteiger partial charge in [0.1, 0.15) is 5.54 Å². The number of amides is 1. The van der Waals surface area contributed by atoms with Crippen molar-refractivity contribution in [3.63, 3.8) is 0 Å². The van der Waals surface area contributed by atoms with E-state index >= 15 is 0 Å². The summed E-state index contributed by atoms with van der Waals surface area (Å²) in [6, 6.07) is 7.76. The van der Waals surface area contributed by atoms with Gasteiger partial charge in [0.25, 0.3) is 0 Å². The van der Waals surface area contributed by atoms with Crippen LogP contribution >= 0.6 is 0 Å². The minimum absolute atomic E-state index is 0.0218. The van der Waals surface area contributed by atoms with Gasteiger partial charge in [-0.2, -0.15) is 4.99 Å². The van der Waals surface area contributed by atoms with Gasteiger partial charge in [-0.3, -0.25) is 15.2 Å². The summed E-state index contributed by atoms with van der Waals surface area (Å²) in [7, 11) is 0. The van der Waals surface area contributed by atoms with Crippen LogP contribution in [0.4, 0.5) is 5.69 Å². The molecular formula is C13H13N3O2. The van der Waals surface area contributed by atoms with Crippen molar-refractivity contribution in [3.8, 4) is 0 Å². The second-order valence-corrected chi connectivity index (χ2v) is 4.69. The van der Waals surface area contributed by atoms with E-state index in [-0.39, 0.29) is 5.91 Å². The van der Waals surface area contributed by atoms with Gasteiger partial charge >= 0.3 is 0 Å². The molecule has 1 saturated carbocycles. The number of anilines is 1. The molecule has 1 saturated heterocycles. The van der Waals surface area contributed by atoms with Crippen LogP contribution in [0.2, 0.25) is 0 Å². The molecule has 1 amide bonds. The largest absolute Gasteiger partial charge is 0.285 e. The van der Waals surface area contributed by atoms with Crippen LogP contribution in [-0.4, -0.2) is 18.5 Å². The summed E-state index contributed by atoms with van der Waals surface area (Å²) in [5.41, 5.74) is 4.32. The highest BCUT2D eigenvalue weighted by molar-refractivity contribution is 5.82. The summed E-state index contributed by atoms with van der Waals surface area (Å²) in [6.45, 7) is 0.650. The summed E-state index contributed by atoms with van der Waals surface area (Å²) in [4.78, 5) is 25.8. The van der Waals surface area contributed by atoms with Crippen LogP contribution in [0.25, 0.3) is 0 Å². The smallest absolute Gasteiger partial charge is 0.240 e. The van der Waals surface area contributed by atoms with E-state index in [1.807, 2.05) is 29.3 Å². The minimum Gasteiger partial charge on any atom is -0.285 e. The third-order valence-corrected chi connectivity index (χ3v) is 3.50. The number of nitrogens with zero attached hydrogens (tertiary/aromatic N) is 2. The van der Waals surface area contributed by atoms with Crippen LogP contribution in [0.15, 0.2) is 29.3 Å². The van der Waals surface area contributed by atoms with Gasteiger partial charge in [-0.15, -0.1) is 0 Å². The number of aliphatic imine (C=N–C) groups is 1. The van der Waals surface area contributed by atoms with Crippen molar-refractivity contribution in [2.45, 2.75) is 24.8 Å². The Labute approximate surface area is 104 Å². The molecular weight excluding hydrogens is 230 g/mol. The highest BCUT2D eigenvalue weighted by atomic mass is 16.2. The number of benzene rings is 1. The number of carbonyl (C=O) groups excluding carboxylic acids is 2. The van der Waals surface area contributed by atoms with Crippen molar-refractivity contribution in [2.24, 2.45) is 4.99 Å². The van der Waals surface area contributed by atoms with Crippen molar-refractivity contribution in [1.29, 1.82) is 0 Å². The zero-order valence-electron chi connectivity index (χ0n) is 9.85. The summed E-state index contributed by atoms with van der Waals surface area (Å²) >= 11 is 0. The Kier molecular flexibility index (Phi) is 2.42. The van der Waals surface area contributed by atoms with Gasteiger partial charge in [0.05, 0.1) is 5.69 Å². The quantitative estimate of drug-likeness (QED) is 0.642. The average Bonchev–Trinajstić information content (AvgIpc) is 3.04. The molecule has 1 heterocycles. The minimum atomic E-state index is -0.411. The van der Waals surface area contributed by atoms with Gasteiger partial charge in [0.15, 0.2) is 0 Å². The molecule has 0 aromatic heterocycles. The van der Waals surface area contributed by atoms with Crippen LogP contribution in [0.3, 0.4) is 0 Å². The first-order valence-electron chi connectivity index (χ1n) is 6.01. The Morgan fingerprint density at radius 1 is 1.33 bits per heavy atom. The van der Waals surface area contributed by atoms with Crippen molar-refractivity contribution < 1.29 is 9.59 Å². The number of carbonyl (C=O) groups is 1. The van der Waals surface area contributed by atoms with Gasteiger partial charge in [-0.1, -0.05) is 18.2 Å². The van der Waals surface area contributed by atoms with Gasteiger partial charge in [0, 0.05) is 18.5 Å². The maximum absolute atomic E-state index is 11.3. The number of hydrogen-bond acceptors (Lipinski definition) is 4. The molecule has 5 heteroatoms. The standard InChI is InChI=1S/C13H13N3O2/c17-9-14-13(6-7-13)10-3-1-2-4-11(10)16-8-5-12(18)15-16/h1-4H,5-8H2,(H,15,18). The molecule has 1 N–H and O–H groups in total. The lowest BCUT2D eigenvalue weighted by Crippen LogP contribution is -2.34. The second-order valence-electron chi connectivity index (χ2n) is 4.69. The van der Waals surface area contributed by atoms with E-state index in [0.717, 1.165) is 24.1 Å². The van der Waals surface area contributed by atoms with E-state index in [1.54, 1.807) is 6.08 Å². The lowest BCUT2D eigenvalue weighted by molar-refractivity contribution is -0.119. The molecule has 5 nitrogen and oxygen atoms in total. The first kappa shape index (κ1) is 11.0. The number of isocyanates is 1. The number of hydrazine groups is 1. The zero-order chi connectivity index (χ0) is 12.6. The van der Waals surface area contributed by atoms with Crippen molar-refractivity contribution >= 4 is 17.7 Å². The van der Waals surface area contributed by atoms with Crippen LogP contribution in [-0.2, 0) is 15.1 Å². The summed E-state index contributed by atoms with van der Waals surface area (Å²) < 4.78 is 0. The van der Waals surface area contributed by atoms with E-state index in [4.69, 9.17) is 0 Å².